The molecule has 0 bridgehead atoms. The van der Waals surface area contributed by atoms with Gasteiger partial charge in [-0.15, -0.1) is 0 Å². The number of carboxylic acid groups (broad SMARTS) is 1. The van der Waals surface area contributed by atoms with Gasteiger partial charge >= 0.3 is 5.97 Å². The first-order valence-corrected chi connectivity index (χ1v) is 9.51. The maximum absolute atomic E-state index is 12.9. The van der Waals surface area contributed by atoms with E-state index in [1.807, 2.05) is 4.90 Å². The lowest BCUT2D eigenvalue weighted by Gasteiger charge is -2.33. The Morgan fingerprint density at radius 2 is 1.86 bits per heavy atom. The molecular weight excluding hydrogens is 398 g/mol. The normalized spacial score (nSPS) is 14.5. The van der Waals surface area contributed by atoms with Gasteiger partial charge in [0.2, 0.25) is 0 Å². The summed E-state index contributed by atoms with van der Waals surface area (Å²) in [5.41, 5.74) is 0.690. The number of piperidine rings is 1. The van der Waals surface area contributed by atoms with Crippen molar-refractivity contribution in [3.8, 4) is 0 Å². The third kappa shape index (κ3) is 4.65. The first-order chi connectivity index (χ1) is 13.8. The van der Waals surface area contributed by atoms with Crippen molar-refractivity contribution in [3.05, 3.63) is 62.7 Å². The van der Waals surface area contributed by atoms with E-state index >= 15 is 0 Å². The average molecular weight is 418 g/mol. The number of anilines is 2. The van der Waals surface area contributed by atoms with E-state index in [1.54, 1.807) is 6.07 Å². The largest absolute Gasteiger partial charge is 0.478 e. The minimum Gasteiger partial charge on any atom is -0.478 e. The third-order valence-electron chi connectivity index (χ3n) is 5.01. The van der Waals surface area contributed by atoms with Crippen LogP contribution >= 0.6 is 11.6 Å². The predicted molar refractivity (Wildman–Crippen MR) is 110 cm³/mol. The summed E-state index contributed by atoms with van der Waals surface area (Å²) in [7, 11) is 0. The molecule has 1 aliphatic rings. The smallest absolute Gasteiger partial charge is 0.337 e. The number of rotatable bonds is 5. The van der Waals surface area contributed by atoms with Crippen LogP contribution in [-0.2, 0) is 0 Å². The van der Waals surface area contributed by atoms with Gasteiger partial charge in [-0.25, -0.2) is 4.79 Å². The lowest BCUT2D eigenvalue weighted by atomic mass is 9.98. The van der Waals surface area contributed by atoms with E-state index in [9.17, 15) is 24.8 Å². The third-order valence-corrected chi connectivity index (χ3v) is 5.34. The summed E-state index contributed by atoms with van der Waals surface area (Å²) in [6.07, 6.45) is 1.94. The second-order valence-corrected chi connectivity index (χ2v) is 7.49. The van der Waals surface area contributed by atoms with E-state index in [-0.39, 0.29) is 27.5 Å². The van der Waals surface area contributed by atoms with Crippen LogP contribution in [0, 0.1) is 16.0 Å². The summed E-state index contributed by atoms with van der Waals surface area (Å²) in [5, 5.41) is 23.1. The second-order valence-electron chi connectivity index (χ2n) is 7.08. The van der Waals surface area contributed by atoms with E-state index < -0.39 is 16.8 Å². The molecule has 0 radical (unpaired) electrons. The molecule has 0 aromatic heterocycles. The molecule has 0 spiro atoms. The van der Waals surface area contributed by atoms with Gasteiger partial charge in [0.25, 0.3) is 11.6 Å². The molecule has 1 fully saturated rings. The summed E-state index contributed by atoms with van der Waals surface area (Å²) >= 11 is 5.86. The maximum Gasteiger partial charge on any atom is 0.337 e. The predicted octanol–water partition coefficient (Wildman–Crippen LogP) is 4.44. The summed E-state index contributed by atoms with van der Waals surface area (Å²) in [6, 6.07) is 8.33. The Balaban J connectivity index is 1.94. The van der Waals surface area contributed by atoms with E-state index in [1.165, 1.54) is 30.3 Å². The molecular formula is C20H20ClN3O5. The van der Waals surface area contributed by atoms with Crippen molar-refractivity contribution >= 4 is 40.5 Å². The monoisotopic (exact) mass is 417 g/mol. The molecule has 2 aromatic rings. The molecule has 1 saturated heterocycles. The molecule has 0 unspecified atom stereocenters. The molecule has 1 heterocycles. The highest BCUT2D eigenvalue weighted by atomic mass is 35.5. The fourth-order valence-corrected chi connectivity index (χ4v) is 3.51. The van der Waals surface area contributed by atoms with Crippen molar-refractivity contribution in [3.63, 3.8) is 0 Å². The number of nitro groups is 1. The summed E-state index contributed by atoms with van der Waals surface area (Å²) in [6.45, 7) is 3.67. The van der Waals surface area contributed by atoms with Gasteiger partial charge in [-0.05, 0) is 43.0 Å². The van der Waals surface area contributed by atoms with Crippen LogP contribution in [0.3, 0.4) is 0 Å². The Labute approximate surface area is 172 Å². The number of carbonyl (C=O) groups excluding carboxylic acids is 1. The Kier molecular flexibility index (Phi) is 6.03. The maximum atomic E-state index is 12.9. The minimum atomic E-state index is -1.22. The van der Waals surface area contributed by atoms with Crippen molar-refractivity contribution < 1.29 is 19.6 Å². The molecule has 0 saturated carbocycles. The number of nitrogens with one attached hydrogen (secondary N) is 1. The molecule has 2 N–H and O–H groups in total. The molecule has 1 aliphatic heterocycles. The number of amides is 1. The lowest BCUT2D eigenvalue weighted by molar-refractivity contribution is -0.384. The van der Waals surface area contributed by atoms with Gasteiger partial charge in [0.05, 0.1) is 26.8 Å². The summed E-state index contributed by atoms with van der Waals surface area (Å²) < 4.78 is 0. The standard InChI is InChI=1S/C20H20ClN3O5/c1-12-6-8-23(9-7-12)18-5-3-14(24(28)29)11-16(18)19(25)22-13-2-4-17(21)15(10-13)20(26)27/h2-5,10-12H,6-9H2,1H3,(H,22,25)(H,26,27). The molecule has 3 rings (SSSR count). The molecule has 29 heavy (non-hydrogen) atoms. The Bertz CT molecular complexity index is 971. The number of carbonyl (C=O) groups is 2. The highest BCUT2D eigenvalue weighted by Crippen LogP contribution is 2.30. The Hall–Kier alpha value is -3.13. The van der Waals surface area contributed by atoms with Crippen LogP contribution < -0.4 is 10.2 Å². The number of non-ortho nitro benzene ring substituents is 1. The SMILES string of the molecule is CC1CCN(c2ccc([N+](=O)[O-])cc2C(=O)Nc2ccc(Cl)c(C(=O)O)c2)CC1. The van der Waals surface area contributed by atoms with Crippen LogP contribution in [0.5, 0.6) is 0 Å². The fourth-order valence-electron chi connectivity index (χ4n) is 3.31. The van der Waals surface area contributed by atoms with Gasteiger partial charge in [-0.1, -0.05) is 18.5 Å². The number of hydrogen-bond acceptors (Lipinski definition) is 5. The topological polar surface area (TPSA) is 113 Å². The molecule has 0 atom stereocenters. The van der Waals surface area contributed by atoms with Crippen LogP contribution in [-0.4, -0.2) is 35.0 Å². The molecule has 1 amide bonds. The fraction of sp³-hybridized carbons (Fsp3) is 0.300. The second kappa shape index (κ2) is 8.48. The van der Waals surface area contributed by atoms with Gasteiger partial charge in [-0.2, -0.15) is 0 Å². The quantitative estimate of drug-likeness (QED) is 0.549. The van der Waals surface area contributed by atoms with Crippen LogP contribution in [0.15, 0.2) is 36.4 Å². The van der Waals surface area contributed by atoms with Gasteiger partial charge in [-0.3, -0.25) is 14.9 Å². The first kappa shape index (κ1) is 20.6. The van der Waals surface area contributed by atoms with Crippen LogP contribution in [0.1, 0.15) is 40.5 Å². The number of hydrogen-bond donors (Lipinski definition) is 2. The lowest BCUT2D eigenvalue weighted by Crippen LogP contribution is -2.34. The van der Waals surface area contributed by atoms with Crippen LogP contribution in [0.2, 0.25) is 5.02 Å². The van der Waals surface area contributed by atoms with Crippen molar-refractivity contribution in [2.24, 2.45) is 5.92 Å². The van der Waals surface area contributed by atoms with Crippen LogP contribution in [0.4, 0.5) is 17.1 Å². The summed E-state index contributed by atoms with van der Waals surface area (Å²) in [5.74, 6) is -1.18. The number of halogens is 1. The van der Waals surface area contributed by atoms with Crippen molar-refractivity contribution in [1.82, 2.24) is 0 Å². The van der Waals surface area contributed by atoms with Crippen molar-refractivity contribution in [2.45, 2.75) is 19.8 Å². The summed E-state index contributed by atoms with van der Waals surface area (Å²) in [4.78, 5) is 36.9. The Morgan fingerprint density at radius 3 is 2.48 bits per heavy atom. The van der Waals surface area contributed by atoms with E-state index in [2.05, 4.69) is 12.2 Å². The minimum absolute atomic E-state index is 0.0500. The zero-order valence-electron chi connectivity index (χ0n) is 15.7. The first-order valence-electron chi connectivity index (χ1n) is 9.14. The Morgan fingerprint density at radius 1 is 1.17 bits per heavy atom. The van der Waals surface area contributed by atoms with Gasteiger partial charge < -0.3 is 15.3 Å². The number of aromatic carboxylic acids is 1. The number of carboxylic acids is 1. The highest BCUT2D eigenvalue weighted by molar-refractivity contribution is 6.33. The number of nitro benzene ring substituents is 1. The van der Waals surface area contributed by atoms with Crippen LogP contribution in [0.25, 0.3) is 0 Å². The number of benzene rings is 2. The van der Waals surface area contributed by atoms with Gasteiger partial charge in [0.15, 0.2) is 0 Å². The van der Waals surface area contributed by atoms with E-state index in [0.717, 1.165) is 25.9 Å². The van der Waals surface area contributed by atoms with Gasteiger partial charge in [0, 0.05) is 30.9 Å². The van der Waals surface area contributed by atoms with E-state index in [4.69, 9.17) is 11.6 Å². The average Bonchev–Trinajstić information content (AvgIpc) is 2.69. The van der Waals surface area contributed by atoms with Crippen molar-refractivity contribution in [2.75, 3.05) is 23.3 Å². The number of nitrogens with zero attached hydrogens (tertiary/aromatic N) is 2. The van der Waals surface area contributed by atoms with Gasteiger partial charge in [0.1, 0.15) is 0 Å². The molecule has 152 valence electrons. The molecule has 9 heteroatoms. The van der Waals surface area contributed by atoms with Crippen molar-refractivity contribution in [1.29, 1.82) is 0 Å². The van der Waals surface area contributed by atoms with E-state index in [0.29, 0.717) is 11.6 Å². The molecule has 0 aliphatic carbocycles. The molecule has 8 nitrogen and oxygen atoms in total. The highest BCUT2D eigenvalue weighted by Gasteiger charge is 2.24. The molecule has 2 aromatic carbocycles. The zero-order chi connectivity index (χ0) is 21.1. The zero-order valence-corrected chi connectivity index (χ0v) is 16.5.